The molecule has 1 aromatic rings. The lowest BCUT2D eigenvalue weighted by Crippen LogP contribution is -1.75. The second kappa shape index (κ2) is 2.84. The van der Waals surface area contributed by atoms with Crippen molar-refractivity contribution < 1.29 is 0 Å². The van der Waals surface area contributed by atoms with E-state index in [2.05, 4.69) is 37.9 Å². The minimum Gasteiger partial charge on any atom is -0.0521 e. The van der Waals surface area contributed by atoms with Crippen molar-refractivity contribution in [2.24, 2.45) is 0 Å². The van der Waals surface area contributed by atoms with Gasteiger partial charge in [0.25, 0.3) is 0 Å². The summed E-state index contributed by atoms with van der Waals surface area (Å²) in [4.78, 5) is 0. The fourth-order valence-electron chi connectivity index (χ4n) is 0.526. The fourth-order valence-corrected chi connectivity index (χ4v) is 1.47. The first kappa shape index (κ1) is 7.29. The van der Waals surface area contributed by atoms with Gasteiger partial charge in [0, 0.05) is 8.95 Å². The van der Waals surface area contributed by atoms with Crippen molar-refractivity contribution in [3.8, 4) is 0 Å². The highest BCUT2D eigenvalue weighted by atomic mass is 79.9. The monoisotopic (exact) mass is 247 g/mol. The Kier molecular flexibility index (Phi) is 2.30. The quantitative estimate of drug-likeness (QED) is 0.661. The van der Waals surface area contributed by atoms with Gasteiger partial charge in [-0.05, 0) is 40.5 Å². The van der Waals surface area contributed by atoms with Gasteiger partial charge in [0.1, 0.15) is 0 Å². The molecular weight excluding hydrogens is 244 g/mol. The molecule has 0 saturated heterocycles. The van der Waals surface area contributed by atoms with E-state index >= 15 is 0 Å². The second-order valence-electron chi connectivity index (χ2n) is 1.76. The van der Waals surface area contributed by atoms with Gasteiger partial charge in [-0.3, -0.25) is 0 Å². The minimum absolute atomic E-state index is 1.02. The zero-order chi connectivity index (χ0) is 6.85. The summed E-state index contributed by atoms with van der Waals surface area (Å²) in [6.07, 6.45) is 0. The van der Waals surface area contributed by atoms with Gasteiger partial charge in [0.05, 0.1) is 0 Å². The summed E-state index contributed by atoms with van der Waals surface area (Å²) in [6.45, 7) is 2.03. The van der Waals surface area contributed by atoms with E-state index in [1.165, 1.54) is 5.56 Å². The Morgan fingerprint density at radius 2 is 2.11 bits per heavy atom. The van der Waals surface area contributed by atoms with E-state index in [9.17, 15) is 0 Å². The Balaban J connectivity index is 3.25. The summed E-state index contributed by atoms with van der Waals surface area (Å²) >= 11 is 6.76. The molecule has 0 heterocycles. The van der Waals surface area contributed by atoms with Crippen LogP contribution in [-0.2, 0) is 0 Å². The fraction of sp³-hybridized carbons (Fsp3) is 0.143. The molecule has 0 nitrogen and oxygen atoms in total. The summed E-state index contributed by atoms with van der Waals surface area (Å²) in [7, 11) is 0. The molecule has 0 aromatic heterocycles. The summed E-state index contributed by atoms with van der Waals surface area (Å²) in [5.74, 6) is 0. The first-order chi connectivity index (χ1) is 4.22. The van der Waals surface area contributed by atoms with E-state index in [1.807, 2.05) is 19.1 Å². The molecule has 1 radical (unpaired) electrons. The van der Waals surface area contributed by atoms with E-state index in [0.29, 0.717) is 0 Å². The molecule has 47 valence electrons. The van der Waals surface area contributed by atoms with Gasteiger partial charge in [-0.1, -0.05) is 22.0 Å². The molecule has 0 aliphatic carbocycles. The van der Waals surface area contributed by atoms with Crippen LogP contribution in [0.3, 0.4) is 0 Å². The third-order valence-corrected chi connectivity index (χ3v) is 2.81. The Hall–Kier alpha value is 0.180. The Morgan fingerprint density at radius 1 is 1.44 bits per heavy atom. The maximum atomic E-state index is 3.40. The predicted molar refractivity (Wildman–Crippen MR) is 45.4 cm³/mol. The van der Waals surface area contributed by atoms with Gasteiger partial charge < -0.3 is 0 Å². The van der Waals surface area contributed by atoms with Crippen molar-refractivity contribution in [1.29, 1.82) is 0 Å². The minimum atomic E-state index is 1.02. The molecule has 0 spiro atoms. The van der Waals surface area contributed by atoms with Crippen molar-refractivity contribution in [2.45, 2.75) is 6.92 Å². The van der Waals surface area contributed by atoms with E-state index in [4.69, 9.17) is 0 Å². The summed E-state index contributed by atoms with van der Waals surface area (Å²) in [5.41, 5.74) is 1.19. The first-order valence-electron chi connectivity index (χ1n) is 2.54. The third-order valence-electron chi connectivity index (χ3n) is 1.13. The van der Waals surface area contributed by atoms with Gasteiger partial charge in [-0.25, -0.2) is 0 Å². The van der Waals surface area contributed by atoms with Crippen LogP contribution in [-0.4, -0.2) is 0 Å². The highest BCUT2D eigenvalue weighted by Crippen LogP contribution is 2.22. The normalized spacial score (nSPS) is 9.67. The molecule has 0 saturated carbocycles. The van der Waals surface area contributed by atoms with Crippen molar-refractivity contribution in [3.63, 3.8) is 0 Å². The van der Waals surface area contributed by atoms with Gasteiger partial charge in [0.2, 0.25) is 0 Å². The van der Waals surface area contributed by atoms with E-state index in [-0.39, 0.29) is 0 Å². The lowest BCUT2D eigenvalue weighted by atomic mass is 10.2. The first-order valence-corrected chi connectivity index (χ1v) is 4.12. The molecule has 0 amide bonds. The van der Waals surface area contributed by atoms with Crippen LogP contribution in [0.4, 0.5) is 0 Å². The Labute approximate surface area is 71.5 Å². The SMILES string of the molecule is Cc1c(Br)[c]ccc1Br. The highest BCUT2D eigenvalue weighted by molar-refractivity contribution is 9.11. The Morgan fingerprint density at radius 3 is 2.56 bits per heavy atom. The topological polar surface area (TPSA) is 0 Å². The maximum Gasteiger partial charge on any atom is 0.0294 e. The van der Waals surface area contributed by atoms with Crippen molar-refractivity contribution in [3.05, 3.63) is 32.7 Å². The van der Waals surface area contributed by atoms with Crippen LogP contribution in [0.25, 0.3) is 0 Å². The van der Waals surface area contributed by atoms with Gasteiger partial charge in [-0.2, -0.15) is 0 Å². The second-order valence-corrected chi connectivity index (χ2v) is 3.41. The highest BCUT2D eigenvalue weighted by Gasteiger charge is 1.95. The van der Waals surface area contributed by atoms with Crippen LogP contribution < -0.4 is 0 Å². The smallest absolute Gasteiger partial charge is 0.0294 e. The standard InChI is InChI=1S/C7H5Br2/c1-5-6(8)3-2-4-7(5)9/h2-3H,1H3. The van der Waals surface area contributed by atoms with Gasteiger partial charge >= 0.3 is 0 Å². The van der Waals surface area contributed by atoms with Crippen molar-refractivity contribution in [2.75, 3.05) is 0 Å². The number of benzene rings is 1. The van der Waals surface area contributed by atoms with E-state index in [0.717, 1.165) is 8.95 Å². The van der Waals surface area contributed by atoms with Crippen LogP contribution in [0.2, 0.25) is 0 Å². The number of rotatable bonds is 0. The molecule has 0 aliphatic heterocycles. The molecule has 9 heavy (non-hydrogen) atoms. The van der Waals surface area contributed by atoms with Crippen molar-refractivity contribution >= 4 is 31.9 Å². The molecule has 0 bridgehead atoms. The molecule has 0 aliphatic rings. The summed E-state index contributed by atoms with van der Waals surface area (Å²) < 4.78 is 2.14. The molecular formula is C7H5Br2. The van der Waals surface area contributed by atoms with E-state index in [1.54, 1.807) is 0 Å². The largest absolute Gasteiger partial charge is 0.0521 e. The average molecular weight is 249 g/mol. The van der Waals surface area contributed by atoms with Crippen LogP contribution in [0.5, 0.6) is 0 Å². The summed E-state index contributed by atoms with van der Waals surface area (Å²) in [5, 5.41) is 0. The molecule has 1 rings (SSSR count). The molecule has 0 atom stereocenters. The molecule has 0 fully saturated rings. The third kappa shape index (κ3) is 1.55. The lowest BCUT2D eigenvalue weighted by Gasteiger charge is -1.97. The molecule has 2 heteroatoms. The molecule has 0 N–H and O–H groups in total. The van der Waals surface area contributed by atoms with Crippen LogP contribution in [0.1, 0.15) is 5.56 Å². The Bertz CT molecular complexity index is 198. The van der Waals surface area contributed by atoms with Crippen LogP contribution in [0.15, 0.2) is 21.1 Å². The number of hydrogen-bond donors (Lipinski definition) is 0. The number of hydrogen-bond acceptors (Lipinski definition) is 0. The van der Waals surface area contributed by atoms with Gasteiger partial charge in [0.15, 0.2) is 0 Å². The van der Waals surface area contributed by atoms with E-state index < -0.39 is 0 Å². The molecule has 0 unspecified atom stereocenters. The zero-order valence-electron chi connectivity index (χ0n) is 4.91. The molecule has 1 aromatic carbocycles. The lowest BCUT2D eigenvalue weighted by molar-refractivity contribution is 1.39. The number of halogens is 2. The van der Waals surface area contributed by atoms with Gasteiger partial charge in [-0.15, -0.1) is 0 Å². The average Bonchev–Trinajstić information content (AvgIpc) is 1.83. The zero-order valence-corrected chi connectivity index (χ0v) is 8.08. The van der Waals surface area contributed by atoms with Crippen molar-refractivity contribution in [1.82, 2.24) is 0 Å². The van der Waals surface area contributed by atoms with Crippen LogP contribution in [0, 0.1) is 13.0 Å². The predicted octanol–water partition coefficient (Wildman–Crippen LogP) is 3.32. The summed E-state index contributed by atoms with van der Waals surface area (Å²) in [6, 6.07) is 6.88. The maximum absolute atomic E-state index is 3.40. The van der Waals surface area contributed by atoms with Crippen LogP contribution >= 0.6 is 31.9 Å².